The minimum absolute atomic E-state index is 0.0331. The number of benzene rings is 1. The highest BCUT2D eigenvalue weighted by atomic mass is 79.9. The molecular formula is C15H17BrFN3O4S. The fraction of sp³-hybridized carbons (Fsp3) is 0.333. The molecule has 2 rings (SSSR count). The molecule has 0 atom stereocenters. The van der Waals surface area contributed by atoms with E-state index < -0.39 is 21.8 Å². The van der Waals surface area contributed by atoms with E-state index in [1.54, 1.807) is 20.8 Å². The van der Waals surface area contributed by atoms with Crippen molar-refractivity contribution in [3.8, 4) is 0 Å². The van der Waals surface area contributed by atoms with Crippen LogP contribution in [0.15, 0.2) is 22.8 Å². The second-order valence-corrected chi connectivity index (χ2v) is 7.95. The molecule has 0 aliphatic heterocycles. The van der Waals surface area contributed by atoms with Gasteiger partial charge in [-0.1, -0.05) is 27.7 Å². The Labute approximate surface area is 153 Å². The van der Waals surface area contributed by atoms with Gasteiger partial charge in [-0.05, 0) is 38.0 Å². The molecule has 2 aromatic rings. The van der Waals surface area contributed by atoms with Crippen molar-refractivity contribution in [3.63, 3.8) is 0 Å². The summed E-state index contributed by atoms with van der Waals surface area (Å²) in [7, 11) is -3.88. The highest BCUT2D eigenvalue weighted by molar-refractivity contribution is 9.10. The molecule has 0 fully saturated rings. The Kier molecular flexibility index (Phi) is 5.83. The van der Waals surface area contributed by atoms with E-state index >= 15 is 0 Å². The van der Waals surface area contributed by atoms with E-state index in [-0.39, 0.29) is 17.1 Å². The first-order chi connectivity index (χ1) is 11.6. The van der Waals surface area contributed by atoms with Gasteiger partial charge in [0, 0.05) is 10.0 Å². The summed E-state index contributed by atoms with van der Waals surface area (Å²) in [5, 5.41) is 6.16. The van der Waals surface area contributed by atoms with Crippen molar-refractivity contribution < 1.29 is 21.9 Å². The van der Waals surface area contributed by atoms with Crippen molar-refractivity contribution in [2.75, 3.05) is 11.1 Å². The fourth-order valence-corrected chi connectivity index (χ4v) is 3.28. The van der Waals surface area contributed by atoms with Crippen molar-refractivity contribution >= 4 is 37.6 Å². The van der Waals surface area contributed by atoms with Gasteiger partial charge in [-0.25, -0.2) is 4.39 Å². The summed E-state index contributed by atoms with van der Waals surface area (Å²) >= 11 is 3.20. The molecule has 0 saturated heterocycles. The van der Waals surface area contributed by atoms with Crippen LogP contribution in [0, 0.1) is 19.7 Å². The first-order valence-corrected chi connectivity index (χ1v) is 9.76. The molecule has 0 aliphatic carbocycles. The largest absolute Gasteiger partial charge is 0.328 e. The molecule has 0 radical (unpaired) electrons. The number of carbonyl (C=O) groups excluding carboxylic acids is 1. The quantitative estimate of drug-likeness (QED) is 0.755. The Balaban J connectivity index is 2.32. The zero-order valence-corrected chi connectivity index (χ0v) is 16.2. The first-order valence-electron chi connectivity index (χ1n) is 7.39. The summed E-state index contributed by atoms with van der Waals surface area (Å²) in [6.07, 6.45) is 1.65. The van der Waals surface area contributed by atoms with Crippen LogP contribution in [0.3, 0.4) is 0 Å². The van der Waals surface area contributed by atoms with Crippen LogP contribution in [-0.4, -0.2) is 30.0 Å². The minimum atomic E-state index is -3.88. The van der Waals surface area contributed by atoms with Gasteiger partial charge in [-0.2, -0.15) is 8.42 Å². The van der Waals surface area contributed by atoms with Gasteiger partial charge in [0.2, 0.25) is 0 Å². The van der Waals surface area contributed by atoms with Crippen molar-refractivity contribution in [2.24, 2.45) is 0 Å². The monoisotopic (exact) mass is 433 g/mol. The van der Waals surface area contributed by atoms with Crippen LogP contribution < -0.4 is 9.60 Å². The van der Waals surface area contributed by atoms with Gasteiger partial charge in [0.1, 0.15) is 5.82 Å². The summed E-state index contributed by atoms with van der Waals surface area (Å²) in [5.74, 6) is -1.58. The second kappa shape index (κ2) is 7.52. The zero-order valence-electron chi connectivity index (χ0n) is 13.8. The number of rotatable bonds is 6. The minimum Gasteiger partial charge on any atom is -0.318 e. The van der Waals surface area contributed by atoms with Crippen molar-refractivity contribution in [1.29, 1.82) is 0 Å². The molecule has 1 aromatic carbocycles. The Morgan fingerprint density at radius 2 is 2.04 bits per heavy atom. The summed E-state index contributed by atoms with van der Waals surface area (Å²) in [6.45, 7) is 4.99. The van der Waals surface area contributed by atoms with Crippen molar-refractivity contribution in [2.45, 2.75) is 27.2 Å². The number of halogens is 2. The first kappa shape index (κ1) is 19.4. The van der Waals surface area contributed by atoms with Crippen molar-refractivity contribution in [1.82, 2.24) is 9.94 Å². The normalized spacial score (nSPS) is 11.4. The molecule has 1 N–H and O–H groups in total. The number of nitrogens with one attached hydrogen (secondary N) is 1. The number of nitrogens with zero attached hydrogens (tertiary/aromatic N) is 2. The van der Waals surface area contributed by atoms with E-state index in [0.717, 1.165) is 5.56 Å². The Morgan fingerprint density at radius 1 is 1.36 bits per heavy atom. The molecule has 0 saturated carbocycles. The third-order valence-electron chi connectivity index (χ3n) is 3.27. The third kappa shape index (κ3) is 4.57. The Bertz CT molecular complexity index is 912. The predicted molar refractivity (Wildman–Crippen MR) is 94.4 cm³/mol. The average Bonchev–Trinajstić information content (AvgIpc) is 2.84. The number of anilines is 1. The molecule has 10 heteroatoms. The maximum atomic E-state index is 14.0. The maximum absolute atomic E-state index is 14.0. The fourth-order valence-electron chi connectivity index (χ4n) is 2.06. The van der Waals surface area contributed by atoms with Crippen LogP contribution in [-0.2, 0) is 10.1 Å². The number of aryl methyl sites for hydroxylation is 2. The highest BCUT2D eigenvalue weighted by Gasteiger charge is 2.22. The highest BCUT2D eigenvalue weighted by Crippen LogP contribution is 2.24. The molecule has 136 valence electrons. The van der Waals surface area contributed by atoms with Crippen molar-refractivity contribution in [3.05, 3.63) is 45.4 Å². The average molecular weight is 434 g/mol. The third-order valence-corrected chi connectivity index (χ3v) is 5.40. The van der Waals surface area contributed by atoms with E-state index in [4.69, 9.17) is 4.28 Å². The van der Waals surface area contributed by atoms with E-state index in [1.165, 1.54) is 18.3 Å². The summed E-state index contributed by atoms with van der Waals surface area (Å²) in [5.41, 5.74) is 0.955. The molecule has 0 unspecified atom stereocenters. The van der Waals surface area contributed by atoms with Crippen LogP contribution in [0.1, 0.15) is 35.0 Å². The molecule has 1 heterocycles. The van der Waals surface area contributed by atoms with Crippen LogP contribution in [0.4, 0.5) is 10.1 Å². The summed E-state index contributed by atoms with van der Waals surface area (Å²) in [6, 6.07) is 2.69. The summed E-state index contributed by atoms with van der Waals surface area (Å²) in [4.78, 5) is 13.1. The van der Waals surface area contributed by atoms with E-state index in [9.17, 15) is 17.6 Å². The SMILES string of the molecule is CCCS(=O)(=O)On1ncc(C)c1C(=O)Nc1cc(C)c(Br)cc1F. The van der Waals surface area contributed by atoms with Crippen LogP contribution in [0.25, 0.3) is 0 Å². The van der Waals surface area contributed by atoms with E-state index in [1.807, 2.05) is 0 Å². The van der Waals surface area contributed by atoms with E-state index in [0.29, 0.717) is 21.3 Å². The van der Waals surface area contributed by atoms with Gasteiger partial charge in [0.15, 0.2) is 5.69 Å². The molecule has 1 amide bonds. The molecule has 0 aliphatic rings. The van der Waals surface area contributed by atoms with Gasteiger partial charge in [-0.15, -0.1) is 5.10 Å². The zero-order chi connectivity index (χ0) is 18.8. The van der Waals surface area contributed by atoms with Crippen LogP contribution in [0.5, 0.6) is 0 Å². The van der Waals surface area contributed by atoms with Gasteiger partial charge >= 0.3 is 10.1 Å². The predicted octanol–water partition coefficient (Wildman–Crippen LogP) is 2.82. The lowest BCUT2D eigenvalue weighted by atomic mass is 10.2. The lowest BCUT2D eigenvalue weighted by molar-refractivity contribution is 0.0989. The lowest BCUT2D eigenvalue weighted by Gasteiger charge is -2.11. The number of hydrogen-bond donors (Lipinski definition) is 1. The standard InChI is InChI=1S/C15H17BrFN3O4S/c1-4-5-25(22,23)24-20-14(10(3)8-18-20)15(21)19-13-6-9(2)11(16)7-12(13)17/h6-8H,4-5H2,1-3H3,(H,19,21). The molecule has 1 aromatic heterocycles. The Morgan fingerprint density at radius 3 is 2.68 bits per heavy atom. The maximum Gasteiger partial charge on any atom is 0.328 e. The molecule has 25 heavy (non-hydrogen) atoms. The van der Waals surface area contributed by atoms with Gasteiger partial charge < -0.3 is 5.32 Å². The Hall–Kier alpha value is -1.94. The number of carbonyl (C=O) groups is 1. The van der Waals surface area contributed by atoms with Gasteiger partial charge in [0.05, 0.1) is 17.6 Å². The van der Waals surface area contributed by atoms with Crippen LogP contribution >= 0.6 is 15.9 Å². The topological polar surface area (TPSA) is 90.3 Å². The number of aromatic nitrogens is 2. The van der Waals surface area contributed by atoms with Gasteiger partial charge in [-0.3, -0.25) is 9.08 Å². The number of amides is 1. The number of hydrogen-bond acceptors (Lipinski definition) is 5. The van der Waals surface area contributed by atoms with Crippen LogP contribution in [0.2, 0.25) is 0 Å². The second-order valence-electron chi connectivity index (χ2n) is 5.42. The molecular weight excluding hydrogens is 417 g/mol. The smallest absolute Gasteiger partial charge is 0.318 e. The molecule has 0 bridgehead atoms. The van der Waals surface area contributed by atoms with Gasteiger partial charge in [0.25, 0.3) is 5.91 Å². The lowest BCUT2D eigenvalue weighted by Crippen LogP contribution is -2.28. The molecule has 0 spiro atoms. The molecule has 7 nitrogen and oxygen atoms in total. The summed E-state index contributed by atoms with van der Waals surface area (Å²) < 4.78 is 43.0. The van der Waals surface area contributed by atoms with E-state index in [2.05, 4.69) is 26.3 Å².